The lowest BCUT2D eigenvalue weighted by Crippen LogP contribution is -2.05. The van der Waals surface area contributed by atoms with Crippen molar-refractivity contribution in [3.63, 3.8) is 0 Å². The van der Waals surface area contributed by atoms with Crippen LogP contribution in [-0.4, -0.2) is 0 Å². The van der Waals surface area contributed by atoms with E-state index in [2.05, 4.69) is 0 Å². The van der Waals surface area contributed by atoms with Gasteiger partial charge in [0.05, 0.1) is 11.8 Å². The third kappa shape index (κ3) is 1.59. The summed E-state index contributed by atoms with van der Waals surface area (Å²) >= 11 is 5.70. The normalized spacial score (nSPS) is 12.3. The number of hydrogen-bond donors (Lipinski definition) is 0. The molecule has 0 bridgehead atoms. The summed E-state index contributed by atoms with van der Waals surface area (Å²) in [7, 11) is 0. The zero-order valence-corrected chi connectivity index (χ0v) is 8.41. The van der Waals surface area contributed by atoms with Crippen molar-refractivity contribution in [3.8, 4) is 0 Å². The first-order chi connectivity index (χ1) is 6.91. The van der Waals surface area contributed by atoms with Gasteiger partial charge in [-0.3, -0.25) is 0 Å². The third-order valence-electron chi connectivity index (χ3n) is 2.23. The van der Waals surface area contributed by atoms with E-state index in [1.54, 1.807) is 6.92 Å². The summed E-state index contributed by atoms with van der Waals surface area (Å²) in [5, 5.41) is 0.106. The van der Waals surface area contributed by atoms with Gasteiger partial charge in [0.1, 0.15) is 5.58 Å². The first-order valence-corrected chi connectivity index (χ1v) is 4.52. The van der Waals surface area contributed by atoms with Crippen molar-refractivity contribution in [2.75, 3.05) is 0 Å². The Hall–Kier alpha value is -1.16. The molecule has 80 valence electrons. The Bertz CT molecular complexity index is 513. The fraction of sp³-hybridized carbons (Fsp3) is 0.200. The molecule has 0 spiro atoms. The summed E-state index contributed by atoms with van der Waals surface area (Å²) in [6.45, 7) is 1.62. The molecule has 0 unspecified atom stereocenters. The molecule has 1 aromatic carbocycles. The molecule has 2 aromatic rings. The second kappa shape index (κ2) is 3.17. The third-order valence-corrected chi connectivity index (χ3v) is 2.62. The molecule has 0 fully saturated rings. The van der Waals surface area contributed by atoms with Gasteiger partial charge in [0.2, 0.25) is 0 Å². The number of fused-ring (bicyclic) bond motifs is 1. The number of aryl methyl sites for hydroxylation is 1. The van der Waals surface area contributed by atoms with Crippen molar-refractivity contribution in [1.82, 2.24) is 0 Å². The van der Waals surface area contributed by atoms with E-state index in [0.717, 1.165) is 6.07 Å². The largest absolute Gasteiger partial charge is 0.464 e. The zero-order chi connectivity index (χ0) is 11.2. The van der Waals surface area contributed by atoms with Crippen molar-refractivity contribution in [2.24, 2.45) is 0 Å². The van der Waals surface area contributed by atoms with Crippen molar-refractivity contribution in [1.29, 1.82) is 0 Å². The number of furan rings is 1. The van der Waals surface area contributed by atoms with Crippen LogP contribution in [0, 0.1) is 6.92 Å². The first-order valence-electron chi connectivity index (χ1n) is 4.15. The molecule has 15 heavy (non-hydrogen) atoms. The maximum absolute atomic E-state index is 12.6. The summed E-state index contributed by atoms with van der Waals surface area (Å²) < 4.78 is 42.8. The molecule has 0 saturated heterocycles. The summed E-state index contributed by atoms with van der Waals surface area (Å²) in [6.07, 6.45) is -3.19. The van der Waals surface area contributed by atoms with Crippen LogP contribution in [-0.2, 0) is 6.18 Å². The van der Waals surface area contributed by atoms with Crippen LogP contribution in [0.25, 0.3) is 11.0 Å². The molecule has 0 aliphatic rings. The maximum atomic E-state index is 12.6. The standard InChI is InChI=1S/C10H6ClF3O/c1-5-8(11)4-7(10(12,13)14)6-2-3-15-9(5)6/h2-4H,1H3. The smallest absolute Gasteiger partial charge is 0.417 e. The summed E-state index contributed by atoms with van der Waals surface area (Å²) in [5.41, 5.74) is -0.0543. The Morgan fingerprint density at radius 3 is 2.60 bits per heavy atom. The minimum absolute atomic E-state index is 0.0457. The monoisotopic (exact) mass is 234 g/mol. The van der Waals surface area contributed by atoms with Crippen molar-refractivity contribution in [2.45, 2.75) is 13.1 Å². The van der Waals surface area contributed by atoms with Gasteiger partial charge in [0.15, 0.2) is 0 Å². The summed E-state index contributed by atoms with van der Waals surface area (Å²) in [5.74, 6) is 0. The van der Waals surface area contributed by atoms with Gasteiger partial charge in [-0.1, -0.05) is 11.6 Å². The van der Waals surface area contributed by atoms with Crippen molar-refractivity contribution < 1.29 is 17.6 Å². The molecule has 0 saturated carbocycles. The molecule has 0 aliphatic carbocycles. The topological polar surface area (TPSA) is 13.1 Å². The fourth-order valence-corrected chi connectivity index (χ4v) is 1.66. The Morgan fingerprint density at radius 2 is 2.00 bits per heavy atom. The molecule has 1 nitrogen and oxygen atoms in total. The van der Waals surface area contributed by atoms with Crippen LogP contribution in [0.1, 0.15) is 11.1 Å². The molecular weight excluding hydrogens is 229 g/mol. The molecule has 1 heterocycles. The summed E-state index contributed by atoms with van der Waals surface area (Å²) in [4.78, 5) is 0. The molecule has 0 aliphatic heterocycles. The SMILES string of the molecule is Cc1c(Cl)cc(C(F)(F)F)c2ccoc12. The van der Waals surface area contributed by atoms with Gasteiger partial charge in [-0.15, -0.1) is 0 Å². The van der Waals surface area contributed by atoms with Crippen molar-refractivity contribution >= 4 is 22.6 Å². The molecule has 0 N–H and O–H groups in total. The highest BCUT2D eigenvalue weighted by molar-refractivity contribution is 6.32. The van der Waals surface area contributed by atoms with Gasteiger partial charge >= 0.3 is 6.18 Å². The number of alkyl halides is 3. The second-order valence-corrected chi connectivity index (χ2v) is 3.60. The molecule has 5 heteroatoms. The van der Waals surface area contributed by atoms with Crippen LogP contribution in [0.15, 0.2) is 22.8 Å². The average molecular weight is 235 g/mol. The number of hydrogen-bond acceptors (Lipinski definition) is 1. The Morgan fingerprint density at radius 1 is 1.33 bits per heavy atom. The van der Waals surface area contributed by atoms with Gasteiger partial charge in [-0.05, 0) is 19.1 Å². The van der Waals surface area contributed by atoms with Crippen LogP contribution >= 0.6 is 11.6 Å². The highest BCUT2D eigenvalue weighted by Gasteiger charge is 2.34. The maximum Gasteiger partial charge on any atom is 0.417 e. The molecule has 2 rings (SSSR count). The van der Waals surface area contributed by atoms with Crippen LogP contribution in [0.2, 0.25) is 5.02 Å². The highest BCUT2D eigenvalue weighted by atomic mass is 35.5. The van der Waals surface area contributed by atoms with E-state index in [4.69, 9.17) is 16.0 Å². The Kier molecular flexibility index (Phi) is 2.19. The van der Waals surface area contributed by atoms with Gasteiger partial charge in [-0.2, -0.15) is 13.2 Å². The molecular formula is C10H6ClF3O. The van der Waals surface area contributed by atoms with E-state index in [-0.39, 0.29) is 16.0 Å². The molecule has 0 radical (unpaired) electrons. The van der Waals surface area contributed by atoms with Crippen molar-refractivity contribution in [3.05, 3.63) is 34.5 Å². The van der Waals surface area contributed by atoms with Crippen LogP contribution < -0.4 is 0 Å². The lowest BCUT2D eigenvalue weighted by atomic mass is 10.1. The average Bonchev–Trinajstić information content (AvgIpc) is 2.57. The minimum atomic E-state index is -4.42. The van der Waals surface area contributed by atoms with Crippen LogP contribution in [0.3, 0.4) is 0 Å². The highest BCUT2D eigenvalue weighted by Crippen LogP contribution is 2.39. The van der Waals surface area contributed by atoms with Gasteiger partial charge in [0.25, 0.3) is 0 Å². The van der Waals surface area contributed by atoms with E-state index in [1.165, 1.54) is 12.3 Å². The van der Waals surface area contributed by atoms with Gasteiger partial charge in [0, 0.05) is 16.0 Å². The fourth-order valence-electron chi connectivity index (χ4n) is 1.47. The molecule has 0 amide bonds. The predicted octanol–water partition coefficient (Wildman–Crippen LogP) is 4.41. The van der Waals surface area contributed by atoms with E-state index < -0.39 is 11.7 Å². The zero-order valence-electron chi connectivity index (χ0n) is 7.65. The summed E-state index contributed by atoms with van der Waals surface area (Å²) in [6, 6.07) is 2.22. The number of halogens is 4. The van der Waals surface area contributed by atoms with E-state index in [0.29, 0.717) is 5.56 Å². The van der Waals surface area contributed by atoms with Crippen LogP contribution in [0.4, 0.5) is 13.2 Å². The van der Waals surface area contributed by atoms with Gasteiger partial charge < -0.3 is 4.42 Å². The van der Waals surface area contributed by atoms with E-state index in [9.17, 15) is 13.2 Å². The molecule has 0 atom stereocenters. The Labute approximate surface area is 88.4 Å². The van der Waals surface area contributed by atoms with E-state index >= 15 is 0 Å². The lowest BCUT2D eigenvalue weighted by Gasteiger charge is -2.09. The Balaban J connectivity index is 2.86. The molecule has 1 aromatic heterocycles. The quantitative estimate of drug-likeness (QED) is 0.658. The van der Waals surface area contributed by atoms with Crippen LogP contribution in [0.5, 0.6) is 0 Å². The first kappa shape index (κ1) is 10.4. The number of rotatable bonds is 0. The van der Waals surface area contributed by atoms with Gasteiger partial charge in [-0.25, -0.2) is 0 Å². The second-order valence-electron chi connectivity index (χ2n) is 3.19. The lowest BCUT2D eigenvalue weighted by molar-refractivity contribution is -0.136. The predicted molar refractivity (Wildman–Crippen MR) is 51.0 cm³/mol. The number of benzene rings is 1. The minimum Gasteiger partial charge on any atom is -0.464 e. The van der Waals surface area contributed by atoms with E-state index in [1.807, 2.05) is 0 Å².